The summed E-state index contributed by atoms with van der Waals surface area (Å²) in [6, 6.07) is 15.8. The van der Waals surface area contributed by atoms with Crippen LogP contribution >= 0.6 is 15.9 Å². The highest BCUT2D eigenvalue weighted by molar-refractivity contribution is 9.10. The first-order chi connectivity index (χ1) is 11.7. The molecule has 2 aromatic rings. The second kappa shape index (κ2) is 8.42. The van der Waals surface area contributed by atoms with Crippen LogP contribution in [0.5, 0.6) is 0 Å². The number of carbonyl (C=O) groups is 1. The second-order valence-corrected chi connectivity index (χ2v) is 6.92. The normalized spacial score (nSPS) is 15.2. The minimum Gasteiger partial charge on any atom is -0.370 e. The molecule has 1 amide bonds. The molecule has 1 saturated heterocycles. The summed E-state index contributed by atoms with van der Waals surface area (Å²) in [6.07, 6.45) is 0. The molecule has 0 saturated carbocycles. The standard InChI is InChI=1S/C19H21BrN2O2/c20-18-7-3-6-15(12-18)19(23)21-13-16-4-1-2-5-17(16)14-22-8-10-24-11-9-22/h1-7,12H,8-11,13-14H2,(H,21,23)/p+1. The van der Waals surface area contributed by atoms with Gasteiger partial charge in [0, 0.05) is 22.1 Å². The lowest BCUT2D eigenvalue weighted by Crippen LogP contribution is -3.12. The molecule has 5 heteroatoms. The van der Waals surface area contributed by atoms with E-state index in [0.717, 1.165) is 37.3 Å². The van der Waals surface area contributed by atoms with Crippen molar-refractivity contribution in [3.8, 4) is 0 Å². The molecule has 3 rings (SSSR count). The summed E-state index contributed by atoms with van der Waals surface area (Å²) >= 11 is 3.40. The second-order valence-electron chi connectivity index (χ2n) is 6.00. The zero-order valence-electron chi connectivity index (χ0n) is 13.6. The monoisotopic (exact) mass is 389 g/mol. The maximum Gasteiger partial charge on any atom is 0.251 e. The van der Waals surface area contributed by atoms with Crippen LogP contribution in [0.1, 0.15) is 21.5 Å². The number of amides is 1. The molecular weight excluding hydrogens is 368 g/mol. The molecule has 1 fully saturated rings. The van der Waals surface area contributed by atoms with Gasteiger partial charge in [-0.25, -0.2) is 0 Å². The molecule has 1 heterocycles. The Balaban J connectivity index is 1.63. The molecule has 0 aliphatic carbocycles. The first-order valence-corrected chi connectivity index (χ1v) is 9.03. The van der Waals surface area contributed by atoms with Crippen molar-refractivity contribution in [3.63, 3.8) is 0 Å². The Labute approximate surface area is 150 Å². The van der Waals surface area contributed by atoms with E-state index in [4.69, 9.17) is 4.74 Å². The summed E-state index contributed by atoms with van der Waals surface area (Å²) < 4.78 is 6.33. The fourth-order valence-corrected chi connectivity index (χ4v) is 3.32. The average Bonchev–Trinajstić information content (AvgIpc) is 2.61. The van der Waals surface area contributed by atoms with Crippen LogP contribution in [-0.2, 0) is 17.8 Å². The first kappa shape index (κ1) is 17.1. The zero-order chi connectivity index (χ0) is 16.8. The SMILES string of the molecule is O=C(NCc1ccccc1C[NH+]1CCOCC1)c1cccc(Br)c1. The molecule has 4 nitrogen and oxygen atoms in total. The number of rotatable bonds is 5. The van der Waals surface area contributed by atoms with E-state index in [0.29, 0.717) is 12.1 Å². The van der Waals surface area contributed by atoms with Gasteiger partial charge in [-0.1, -0.05) is 46.3 Å². The Morgan fingerprint density at radius 1 is 1.08 bits per heavy atom. The molecule has 126 valence electrons. The van der Waals surface area contributed by atoms with E-state index >= 15 is 0 Å². The van der Waals surface area contributed by atoms with Crippen molar-refractivity contribution in [2.75, 3.05) is 26.3 Å². The van der Waals surface area contributed by atoms with Crippen LogP contribution in [0.3, 0.4) is 0 Å². The third kappa shape index (κ3) is 4.66. The largest absolute Gasteiger partial charge is 0.370 e. The van der Waals surface area contributed by atoms with Gasteiger partial charge in [0.15, 0.2) is 0 Å². The Morgan fingerprint density at radius 3 is 2.58 bits per heavy atom. The van der Waals surface area contributed by atoms with Crippen molar-refractivity contribution in [3.05, 3.63) is 69.7 Å². The number of benzene rings is 2. The number of quaternary nitrogens is 1. The lowest BCUT2D eigenvalue weighted by atomic mass is 10.1. The van der Waals surface area contributed by atoms with E-state index in [2.05, 4.69) is 39.4 Å². The van der Waals surface area contributed by atoms with Crippen LogP contribution in [-0.4, -0.2) is 32.2 Å². The molecule has 2 aromatic carbocycles. The maximum atomic E-state index is 12.3. The van der Waals surface area contributed by atoms with E-state index in [-0.39, 0.29) is 5.91 Å². The lowest BCUT2D eigenvalue weighted by molar-refractivity contribution is -0.921. The molecule has 0 bridgehead atoms. The Kier molecular flexibility index (Phi) is 6.01. The summed E-state index contributed by atoms with van der Waals surface area (Å²) in [5.41, 5.74) is 3.14. The van der Waals surface area contributed by atoms with Crippen molar-refractivity contribution in [2.45, 2.75) is 13.1 Å². The maximum absolute atomic E-state index is 12.3. The predicted molar refractivity (Wildman–Crippen MR) is 97.0 cm³/mol. The van der Waals surface area contributed by atoms with Gasteiger partial charge in [-0.05, 0) is 23.8 Å². The number of carbonyl (C=O) groups excluding carboxylic acids is 1. The molecule has 24 heavy (non-hydrogen) atoms. The van der Waals surface area contributed by atoms with Crippen molar-refractivity contribution >= 4 is 21.8 Å². The van der Waals surface area contributed by atoms with Gasteiger partial charge in [0.2, 0.25) is 0 Å². The molecule has 1 aliphatic heterocycles. The van der Waals surface area contributed by atoms with Crippen LogP contribution in [0.4, 0.5) is 0 Å². The van der Waals surface area contributed by atoms with Gasteiger partial charge in [0.1, 0.15) is 19.6 Å². The van der Waals surface area contributed by atoms with E-state index in [1.54, 1.807) is 0 Å². The molecule has 0 radical (unpaired) electrons. The first-order valence-electron chi connectivity index (χ1n) is 8.24. The van der Waals surface area contributed by atoms with E-state index in [1.807, 2.05) is 30.3 Å². The van der Waals surface area contributed by atoms with Gasteiger partial charge in [-0.15, -0.1) is 0 Å². The number of hydrogen-bond acceptors (Lipinski definition) is 2. The number of morpholine rings is 1. The predicted octanol–water partition coefficient (Wildman–Crippen LogP) is 1.79. The smallest absolute Gasteiger partial charge is 0.251 e. The number of ether oxygens (including phenoxy) is 1. The highest BCUT2D eigenvalue weighted by Crippen LogP contribution is 2.12. The van der Waals surface area contributed by atoms with Crippen molar-refractivity contribution < 1.29 is 14.4 Å². The van der Waals surface area contributed by atoms with Gasteiger partial charge < -0.3 is 15.0 Å². The zero-order valence-corrected chi connectivity index (χ0v) is 15.1. The van der Waals surface area contributed by atoms with E-state index < -0.39 is 0 Å². The van der Waals surface area contributed by atoms with Gasteiger partial charge >= 0.3 is 0 Å². The minimum atomic E-state index is -0.0511. The van der Waals surface area contributed by atoms with Crippen molar-refractivity contribution in [1.82, 2.24) is 5.32 Å². The van der Waals surface area contributed by atoms with Crippen LogP contribution in [0.15, 0.2) is 53.0 Å². The molecule has 1 aliphatic rings. The molecule has 0 unspecified atom stereocenters. The summed E-state index contributed by atoms with van der Waals surface area (Å²) in [4.78, 5) is 13.9. The third-order valence-electron chi connectivity index (χ3n) is 4.28. The fraction of sp³-hybridized carbons (Fsp3) is 0.316. The highest BCUT2D eigenvalue weighted by Gasteiger charge is 2.16. The lowest BCUT2D eigenvalue weighted by Gasteiger charge is -2.24. The number of nitrogens with one attached hydrogen (secondary N) is 2. The Bertz CT molecular complexity index is 699. The summed E-state index contributed by atoms with van der Waals surface area (Å²) in [5, 5.41) is 3.03. The third-order valence-corrected chi connectivity index (χ3v) is 4.78. The summed E-state index contributed by atoms with van der Waals surface area (Å²) in [7, 11) is 0. The highest BCUT2D eigenvalue weighted by atomic mass is 79.9. The van der Waals surface area contributed by atoms with Crippen LogP contribution in [0.25, 0.3) is 0 Å². The van der Waals surface area contributed by atoms with E-state index in [1.165, 1.54) is 16.0 Å². The van der Waals surface area contributed by atoms with Crippen molar-refractivity contribution in [2.24, 2.45) is 0 Å². The van der Waals surface area contributed by atoms with Gasteiger partial charge in [0.05, 0.1) is 13.2 Å². The van der Waals surface area contributed by atoms with Crippen molar-refractivity contribution in [1.29, 1.82) is 0 Å². The van der Waals surface area contributed by atoms with Crippen LogP contribution in [0.2, 0.25) is 0 Å². The number of hydrogen-bond donors (Lipinski definition) is 2. The topological polar surface area (TPSA) is 42.8 Å². The average molecular weight is 390 g/mol. The van der Waals surface area contributed by atoms with Gasteiger partial charge in [-0.2, -0.15) is 0 Å². The fourth-order valence-electron chi connectivity index (χ4n) is 2.92. The Hall–Kier alpha value is -1.69. The molecule has 0 spiro atoms. The molecule has 0 aromatic heterocycles. The van der Waals surface area contributed by atoms with Gasteiger partial charge in [-0.3, -0.25) is 4.79 Å². The van der Waals surface area contributed by atoms with Gasteiger partial charge in [0.25, 0.3) is 5.91 Å². The van der Waals surface area contributed by atoms with E-state index in [9.17, 15) is 4.79 Å². The van der Waals surface area contributed by atoms with Crippen LogP contribution < -0.4 is 10.2 Å². The Morgan fingerprint density at radius 2 is 1.83 bits per heavy atom. The molecular formula is C19H22BrN2O2+. The number of halogens is 1. The minimum absolute atomic E-state index is 0.0511. The molecule has 2 N–H and O–H groups in total. The van der Waals surface area contributed by atoms with Crippen LogP contribution in [0, 0.1) is 0 Å². The molecule has 0 atom stereocenters. The summed E-state index contributed by atoms with van der Waals surface area (Å²) in [5.74, 6) is -0.0511. The quantitative estimate of drug-likeness (QED) is 0.818. The summed E-state index contributed by atoms with van der Waals surface area (Å²) in [6.45, 7) is 5.27.